The van der Waals surface area contributed by atoms with Gasteiger partial charge in [0.25, 0.3) is 0 Å². The van der Waals surface area contributed by atoms with Gasteiger partial charge in [-0.25, -0.2) is 16.8 Å². The van der Waals surface area contributed by atoms with Crippen LogP contribution in [0.2, 0.25) is 0 Å². The van der Waals surface area contributed by atoms with Gasteiger partial charge in [0, 0.05) is 35.2 Å². The van der Waals surface area contributed by atoms with Gasteiger partial charge in [-0.2, -0.15) is 0 Å². The van der Waals surface area contributed by atoms with Gasteiger partial charge in [-0.3, -0.25) is 14.4 Å². The molecule has 0 heterocycles. The maximum atomic E-state index is 13.1. The number of carbonyl (C=O) groups is 3. The highest BCUT2D eigenvalue weighted by atomic mass is 32.2. The molecule has 6 aliphatic carbocycles. The summed E-state index contributed by atoms with van der Waals surface area (Å²) in [6.07, 6.45) is 15.7. The number of Topliss-reactive ketones (excluding diaryl/α,β-unsaturated/α-hetero) is 3. The summed E-state index contributed by atoms with van der Waals surface area (Å²) in [6, 6.07) is 30.2. The standard InChI is InChI=1S/C18H22O3S.2C17H20O.C2H7N.C2H6O2S.3C2H6/c1-17(2)15-9-10-18(17,12-22(3,20)21)16(19)14(15)11-13-7-5-4-6-8-13;2*1-16(2)14-9-10-17(16,3)15(18)13(14)11-12-7-5-4-6-8-12;1-3-2;1-5(2,3)4;3*1-2/h4-8,11,15H,9-10,12H2,1-3H3;2*4-8,11,14H,9-10H2,1-3H3;3H,1-2H3;1-2H3;3*1-2H3/b14-11+;2*13-11+;;;;;. The molecule has 10 heteroatoms. The lowest BCUT2D eigenvalue weighted by Gasteiger charge is -2.35. The minimum atomic E-state index is -3.20. The lowest BCUT2D eigenvalue weighted by molar-refractivity contribution is -0.126. The highest BCUT2D eigenvalue weighted by Gasteiger charge is 2.68. The third-order valence-corrected chi connectivity index (χ3v) is 17.7. The first-order valence-corrected chi connectivity index (χ1v) is 30.7. The second-order valence-electron chi connectivity index (χ2n) is 21.9. The van der Waals surface area contributed by atoms with Gasteiger partial charge in [-0.15, -0.1) is 0 Å². The van der Waals surface area contributed by atoms with Crippen LogP contribution in [0.15, 0.2) is 108 Å². The maximum absolute atomic E-state index is 13.1. The van der Waals surface area contributed by atoms with Crippen LogP contribution in [0.4, 0.5) is 0 Å². The molecule has 8 nitrogen and oxygen atoms in total. The van der Waals surface area contributed by atoms with E-state index in [2.05, 4.69) is 97.1 Å². The van der Waals surface area contributed by atoms with E-state index in [1.807, 2.05) is 128 Å². The zero-order chi connectivity index (χ0) is 55.3. The number of sulfone groups is 2. The smallest absolute Gasteiger partial charge is 0.166 e. The number of hydrogen-bond donors (Lipinski definition) is 1. The number of fused-ring (bicyclic) bond motifs is 6. The summed E-state index contributed by atoms with van der Waals surface area (Å²) < 4.78 is 43.1. The molecule has 6 fully saturated rings. The highest BCUT2D eigenvalue weighted by Crippen LogP contribution is 2.68. The normalized spacial score (nSPS) is 28.7. The summed E-state index contributed by atoms with van der Waals surface area (Å²) in [5.74, 6) is 1.81. The molecule has 3 aromatic carbocycles. The molecule has 1 N–H and O–H groups in total. The Morgan fingerprint density at radius 3 is 0.958 bits per heavy atom. The summed E-state index contributed by atoms with van der Waals surface area (Å²) in [5, 5.41) is 2.75. The van der Waals surface area contributed by atoms with Crippen molar-refractivity contribution in [2.45, 2.75) is 135 Å². The molecule has 0 saturated heterocycles. The predicted octanol–water partition coefficient (Wildman–Crippen LogP) is 13.9. The molecule has 0 spiro atoms. The van der Waals surface area contributed by atoms with Crippen LogP contribution in [0.1, 0.15) is 152 Å². The first-order valence-electron chi connectivity index (χ1n) is 26.4. The van der Waals surface area contributed by atoms with Crippen LogP contribution >= 0.6 is 0 Å². The van der Waals surface area contributed by atoms with Gasteiger partial charge in [-0.05, 0) is 133 Å². The van der Waals surface area contributed by atoms with Crippen LogP contribution in [0, 0.1) is 50.2 Å². The fraction of sp³-hybridized carbons (Fsp3) is 0.565. The number of ketones is 3. The van der Waals surface area contributed by atoms with Crippen LogP contribution in [-0.4, -0.2) is 72.8 Å². The van der Waals surface area contributed by atoms with Crippen molar-refractivity contribution < 1.29 is 31.2 Å². The molecule has 6 saturated carbocycles. The molecule has 6 aliphatic rings. The Bertz CT molecular complexity index is 2490. The van der Waals surface area contributed by atoms with Crippen molar-refractivity contribution in [2.24, 2.45) is 50.2 Å². The quantitative estimate of drug-likeness (QED) is 0.250. The van der Waals surface area contributed by atoms with E-state index in [4.69, 9.17) is 0 Å². The third kappa shape index (κ3) is 13.5. The van der Waals surface area contributed by atoms with E-state index in [-0.39, 0.29) is 44.5 Å². The Kier molecular flexibility index (Phi) is 22.9. The van der Waals surface area contributed by atoms with E-state index >= 15 is 0 Å². The molecule has 0 aliphatic heterocycles. The van der Waals surface area contributed by atoms with Gasteiger partial charge in [0.05, 0.1) is 11.2 Å². The summed E-state index contributed by atoms with van der Waals surface area (Å²) in [4.78, 5) is 38.3. The van der Waals surface area contributed by atoms with Gasteiger partial charge in [0.2, 0.25) is 0 Å². The van der Waals surface area contributed by atoms with Gasteiger partial charge < -0.3 is 5.32 Å². The van der Waals surface area contributed by atoms with E-state index in [9.17, 15) is 31.2 Å². The second-order valence-corrected chi connectivity index (χ2v) is 26.3. The summed E-state index contributed by atoms with van der Waals surface area (Å²) in [7, 11) is -2.12. The lowest BCUT2D eigenvalue weighted by Crippen LogP contribution is -2.42. The fourth-order valence-electron chi connectivity index (χ4n) is 12.1. The Morgan fingerprint density at radius 1 is 0.458 bits per heavy atom. The molecular formula is C62H93NO7S2. The monoisotopic (exact) mass is 1030 g/mol. The number of hydrogen-bond acceptors (Lipinski definition) is 8. The molecule has 6 atom stereocenters. The van der Waals surface area contributed by atoms with Gasteiger partial charge in [-0.1, -0.05) is 188 Å². The second kappa shape index (κ2) is 25.8. The number of nitrogens with one attached hydrogen (secondary N) is 1. The Labute approximate surface area is 438 Å². The maximum Gasteiger partial charge on any atom is 0.166 e. The van der Waals surface area contributed by atoms with E-state index in [0.717, 1.165) is 78.0 Å². The van der Waals surface area contributed by atoms with Crippen molar-refractivity contribution in [3.63, 3.8) is 0 Å². The van der Waals surface area contributed by atoms with E-state index in [1.165, 1.54) is 6.26 Å². The van der Waals surface area contributed by atoms with Gasteiger partial charge >= 0.3 is 0 Å². The Balaban J connectivity index is 0.000000329. The van der Waals surface area contributed by atoms with Crippen LogP contribution in [0.25, 0.3) is 18.2 Å². The van der Waals surface area contributed by atoms with Crippen LogP contribution in [0.5, 0.6) is 0 Å². The molecule has 3 aromatic rings. The highest BCUT2D eigenvalue weighted by molar-refractivity contribution is 7.90. The van der Waals surface area contributed by atoms with E-state index in [0.29, 0.717) is 29.8 Å². The minimum absolute atomic E-state index is 0.0333. The van der Waals surface area contributed by atoms with Crippen molar-refractivity contribution in [3.8, 4) is 0 Å². The largest absolute Gasteiger partial charge is 0.323 e. The topological polar surface area (TPSA) is 132 Å². The zero-order valence-electron chi connectivity index (χ0n) is 47.7. The average Bonchev–Trinajstić information content (AvgIpc) is 3.95. The summed E-state index contributed by atoms with van der Waals surface area (Å²) in [6.45, 7) is 29.5. The van der Waals surface area contributed by atoms with Crippen molar-refractivity contribution in [3.05, 3.63) is 124 Å². The summed E-state index contributed by atoms with van der Waals surface area (Å²) >= 11 is 0. The molecular weight excluding hydrogens is 935 g/mol. The van der Waals surface area contributed by atoms with Crippen LogP contribution in [-0.2, 0) is 34.1 Å². The lowest BCUT2D eigenvalue weighted by atomic mass is 9.70. The molecule has 0 radical (unpaired) electrons. The third-order valence-electron chi connectivity index (χ3n) is 16.6. The number of allylic oxidation sites excluding steroid dienone is 3. The van der Waals surface area contributed by atoms with Crippen LogP contribution < -0.4 is 5.32 Å². The van der Waals surface area contributed by atoms with Gasteiger partial charge in [0.15, 0.2) is 17.3 Å². The Morgan fingerprint density at radius 2 is 0.708 bits per heavy atom. The molecule has 72 heavy (non-hydrogen) atoms. The molecule has 0 aromatic heterocycles. The number of benzene rings is 3. The predicted molar refractivity (Wildman–Crippen MR) is 306 cm³/mol. The molecule has 400 valence electrons. The first-order chi connectivity index (χ1) is 33.5. The van der Waals surface area contributed by atoms with Crippen LogP contribution in [0.3, 0.4) is 0 Å². The molecule has 0 amide bonds. The molecule has 6 bridgehead atoms. The van der Waals surface area contributed by atoms with Crippen molar-refractivity contribution in [2.75, 3.05) is 38.6 Å². The van der Waals surface area contributed by atoms with Crippen molar-refractivity contribution >= 4 is 55.3 Å². The number of rotatable bonds is 5. The zero-order valence-corrected chi connectivity index (χ0v) is 49.4. The van der Waals surface area contributed by atoms with Crippen molar-refractivity contribution in [1.29, 1.82) is 0 Å². The molecule has 6 unspecified atom stereocenters. The SMILES string of the molecule is CC.CC.CC.CC1(C)C2CCC1(CS(C)(=O)=O)C(=O)/C2=C/c1ccccc1.CC12CCC(/C(=C\c3ccccc3)C1=O)C2(C)C.CC12CCC(/C(=C\c3ccccc3)C1=O)C2(C)C.CNC.CS(C)(=O)=O. The first kappa shape index (κ1) is 63.9. The van der Waals surface area contributed by atoms with E-state index in [1.54, 1.807) is 0 Å². The number of carbonyl (C=O) groups excluding carboxylic acids is 3. The summed E-state index contributed by atoms with van der Waals surface area (Å²) in [5.41, 5.74) is 5.13. The minimum Gasteiger partial charge on any atom is -0.323 e. The van der Waals surface area contributed by atoms with E-state index < -0.39 is 25.1 Å². The fourth-order valence-corrected chi connectivity index (χ4v) is 13.6. The van der Waals surface area contributed by atoms with Gasteiger partial charge in [0.1, 0.15) is 19.7 Å². The average molecular weight is 1030 g/mol. The Hall–Kier alpha value is -4.25. The van der Waals surface area contributed by atoms with Crippen molar-refractivity contribution in [1.82, 2.24) is 5.32 Å². The molecule has 9 rings (SSSR count).